The van der Waals surface area contributed by atoms with Crippen molar-refractivity contribution in [2.24, 2.45) is 7.05 Å². The fraction of sp³-hybridized carbons (Fsp3) is 0.541. The van der Waals surface area contributed by atoms with Gasteiger partial charge in [-0.1, -0.05) is 48.7 Å². The molecule has 21 nitrogen and oxygen atoms in total. The number of benzene rings is 3. The van der Waals surface area contributed by atoms with Gasteiger partial charge in [0.15, 0.2) is 0 Å². The number of imide groups is 2. The molecule has 0 saturated carbocycles. The number of unbranched alkanes of at least 4 members (excludes halogenated alkanes) is 1. The Morgan fingerprint density at radius 1 is 0.762 bits per heavy atom. The molecule has 3 aliphatic heterocycles. The van der Waals surface area contributed by atoms with Crippen LogP contribution >= 0.6 is 23.2 Å². The molecule has 4 amide bonds. The number of nitrogens with one attached hydrogen (secondary N) is 2. The summed E-state index contributed by atoms with van der Waals surface area (Å²) in [6, 6.07) is 11.4. The highest BCUT2D eigenvalue weighted by Gasteiger charge is 2.46. The maximum atomic E-state index is 14.2. The van der Waals surface area contributed by atoms with Crippen molar-refractivity contribution >= 4 is 69.4 Å². The van der Waals surface area contributed by atoms with Gasteiger partial charge >= 0.3 is 5.97 Å². The Balaban J connectivity index is 0.929. The minimum atomic E-state index is -1.12. The highest BCUT2D eigenvalue weighted by molar-refractivity contribution is 6.35. The number of carboxylic acids is 1. The van der Waals surface area contributed by atoms with Gasteiger partial charge in [-0.25, -0.2) is 4.79 Å². The number of aromatic nitrogens is 3. The van der Waals surface area contributed by atoms with E-state index in [2.05, 4.69) is 27.4 Å². The summed E-state index contributed by atoms with van der Waals surface area (Å²) in [5.41, 5.74) is 7.43. The summed E-state index contributed by atoms with van der Waals surface area (Å²) in [7, 11) is 1.88. The number of piperidine rings is 1. The van der Waals surface area contributed by atoms with Crippen LogP contribution in [0.2, 0.25) is 10.0 Å². The van der Waals surface area contributed by atoms with Gasteiger partial charge in [0.1, 0.15) is 23.7 Å². The Bertz CT molecular complexity index is 3100. The molecule has 3 aliphatic rings. The van der Waals surface area contributed by atoms with Crippen molar-refractivity contribution in [3.8, 4) is 16.9 Å². The zero-order valence-electron chi connectivity index (χ0n) is 49.2. The molecule has 3 N–H and O–H groups in total. The molecular weight excluding hydrogens is 1120 g/mol. The van der Waals surface area contributed by atoms with Gasteiger partial charge in [0.25, 0.3) is 11.8 Å². The summed E-state index contributed by atoms with van der Waals surface area (Å²) in [4.78, 5) is 72.0. The Hall–Kier alpha value is -5.98. The van der Waals surface area contributed by atoms with Gasteiger partial charge in [-0.3, -0.25) is 43.9 Å². The highest BCUT2D eigenvalue weighted by Crippen LogP contribution is 2.42. The molecule has 2 unspecified atom stereocenters. The molecular formula is C61H80Cl2N8O13. The van der Waals surface area contributed by atoms with Gasteiger partial charge in [-0.05, 0) is 100 Å². The van der Waals surface area contributed by atoms with E-state index in [0.717, 1.165) is 68.9 Å². The smallest absolute Gasteiger partial charge is 0.352 e. The minimum Gasteiger partial charge on any atom is -0.494 e. The van der Waals surface area contributed by atoms with Crippen LogP contribution in [0.15, 0.2) is 42.5 Å². The molecule has 0 bridgehead atoms. The van der Waals surface area contributed by atoms with Crippen molar-refractivity contribution < 1.29 is 62.2 Å². The van der Waals surface area contributed by atoms with Crippen molar-refractivity contribution in [1.29, 1.82) is 0 Å². The summed E-state index contributed by atoms with van der Waals surface area (Å²) in [5.74, 6) is -2.71. The lowest BCUT2D eigenvalue weighted by Gasteiger charge is -2.40. The Kier molecular flexibility index (Phi) is 23.6. The van der Waals surface area contributed by atoms with E-state index >= 15 is 0 Å². The second kappa shape index (κ2) is 30.9. The summed E-state index contributed by atoms with van der Waals surface area (Å²) < 4.78 is 44.3. The van der Waals surface area contributed by atoms with Gasteiger partial charge in [-0.15, -0.1) is 0 Å². The number of carboxylic acid groups (broad SMARTS) is 1. The van der Waals surface area contributed by atoms with Crippen molar-refractivity contribution in [3.63, 3.8) is 0 Å². The zero-order chi connectivity index (χ0) is 59.9. The van der Waals surface area contributed by atoms with Crippen LogP contribution in [0.25, 0.3) is 22.0 Å². The van der Waals surface area contributed by atoms with Crippen molar-refractivity contribution in [2.45, 2.75) is 91.9 Å². The predicted octanol–water partition coefficient (Wildman–Crippen LogP) is 7.65. The number of carbonyl (C=O) groups excluding carboxylic acids is 4. The first-order valence-electron chi connectivity index (χ1n) is 29.1. The Morgan fingerprint density at radius 2 is 1.39 bits per heavy atom. The molecule has 0 radical (unpaired) electrons. The van der Waals surface area contributed by atoms with Crippen molar-refractivity contribution in [1.82, 2.24) is 34.4 Å². The number of aryl methyl sites for hydroxylation is 5. The summed E-state index contributed by atoms with van der Waals surface area (Å²) >= 11 is 13.6. The molecule has 0 spiro atoms. The van der Waals surface area contributed by atoms with Gasteiger partial charge in [0, 0.05) is 92.3 Å². The van der Waals surface area contributed by atoms with E-state index in [0.29, 0.717) is 145 Å². The molecule has 3 aromatic carbocycles. The molecule has 84 heavy (non-hydrogen) atoms. The molecule has 5 aromatic rings. The van der Waals surface area contributed by atoms with Crippen LogP contribution in [0, 0.1) is 27.7 Å². The number of hydrogen-bond donors (Lipinski definition) is 3. The quantitative estimate of drug-likeness (QED) is 0.0266. The standard InChI is InChI=1S/C61H80Cl2N8O13/c1-7-8-24-78-26-27-79-28-29-80-30-31-81-32-33-82-34-35-83-38-50(64-48-13-9-11-46-53(48)60(75)71(59(46)74)49-16-17-51(72)65-58(49)73)69-21-18-68(19-22-69)20-23-70-56-45(14-15-47(62)54(56)52-41(4)66-67(6)42(52)5)44(57(70)61(76)77)12-10-25-84-43-36-39(2)55(63)40(3)37-43/h9,11,13-15,36-37,49-50,64H,7-8,10,12,16-35,38H2,1-6H3,(H,76,77)(H,65,72,73). The molecule has 0 aliphatic carbocycles. The van der Waals surface area contributed by atoms with Crippen LogP contribution in [0.5, 0.6) is 5.75 Å². The van der Waals surface area contributed by atoms with Crippen molar-refractivity contribution in [3.05, 3.63) is 97.4 Å². The van der Waals surface area contributed by atoms with E-state index < -0.39 is 41.8 Å². The number of aromatic carboxylic acids is 1. The van der Waals surface area contributed by atoms with Gasteiger partial charge in [0.05, 0.1) is 107 Å². The summed E-state index contributed by atoms with van der Waals surface area (Å²) in [6.07, 6.45) is 2.68. The SMILES string of the molecule is CCCCOCCOCCOCCOCCOCCOCC(Nc1cccc2c1C(=O)N(C1CCC(=O)NC1=O)C2=O)N1CCN(CCn2c(C(=O)O)c(CCCOc3cc(C)c(Cl)c(C)c3)c3ccc(Cl)c(-c4c(C)nn(C)c4C)c32)CC1. The highest BCUT2D eigenvalue weighted by atomic mass is 35.5. The number of rotatable bonds is 34. The third-order valence-corrected chi connectivity index (χ3v) is 16.5. The van der Waals surface area contributed by atoms with E-state index in [4.69, 9.17) is 61.5 Å². The average Bonchev–Trinajstić information content (AvgIpc) is 1.67. The number of carbonyl (C=O) groups is 5. The second-order valence-electron chi connectivity index (χ2n) is 21.3. The fourth-order valence-electron chi connectivity index (χ4n) is 11.1. The van der Waals surface area contributed by atoms with Crippen LogP contribution < -0.4 is 15.4 Å². The topological polar surface area (TPSA) is 227 Å². The van der Waals surface area contributed by atoms with Crippen LogP contribution in [-0.4, -0.2) is 195 Å². The molecule has 2 saturated heterocycles. The predicted molar refractivity (Wildman–Crippen MR) is 319 cm³/mol. The van der Waals surface area contributed by atoms with Crippen LogP contribution in [-0.2, 0) is 58.0 Å². The maximum Gasteiger partial charge on any atom is 0.352 e. The van der Waals surface area contributed by atoms with E-state index in [-0.39, 0.29) is 42.9 Å². The third-order valence-electron chi connectivity index (χ3n) is 15.5. The lowest BCUT2D eigenvalue weighted by Crippen LogP contribution is -2.55. The van der Waals surface area contributed by atoms with Crippen LogP contribution in [0.4, 0.5) is 5.69 Å². The fourth-order valence-corrected chi connectivity index (χ4v) is 11.5. The molecule has 8 rings (SSSR count). The lowest BCUT2D eigenvalue weighted by atomic mass is 9.98. The van der Waals surface area contributed by atoms with E-state index in [9.17, 15) is 29.1 Å². The number of halogens is 2. The number of fused-ring (bicyclic) bond motifs is 2. The maximum absolute atomic E-state index is 14.2. The average molecular weight is 1200 g/mol. The number of amides is 4. The summed E-state index contributed by atoms with van der Waals surface area (Å²) in [5, 5.41) is 23.6. The van der Waals surface area contributed by atoms with Gasteiger partial charge in [-0.2, -0.15) is 5.10 Å². The number of nitrogens with zero attached hydrogens (tertiary/aromatic N) is 6. The largest absolute Gasteiger partial charge is 0.494 e. The zero-order valence-corrected chi connectivity index (χ0v) is 50.7. The normalized spacial score (nSPS) is 16.3. The second-order valence-corrected chi connectivity index (χ2v) is 22.1. The van der Waals surface area contributed by atoms with Crippen LogP contribution in [0.1, 0.15) is 98.3 Å². The number of anilines is 1. The third kappa shape index (κ3) is 15.7. The minimum absolute atomic E-state index is 0.00447. The van der Waals surface area contributed by atoms with E-state index in [1.807, 2.05) is 68.3 Å². The number of piperazine rings is 1. The van der Waals surface area contributed by atoms with Gasteiger partial charge < -0.3 is 48.1 Å². The monoisotopic (exact) mass is 1200 g/mol. The Morgan fingerprint density at radius 3 is 1.99 bits per heavy atom. The summed E-state index contributed by atoms with van der Waals surface area (Å²) in [6.45, 7) is 18.6. The first-order chi connectivity index (χ1) is 40.6. The van der Waals surface area contributed by atoms with Crippen molar-refractivity contribution in [2.75, 3.05) is 124 Å². The molecule has 2 atom stereocenters. The first kappa shape index (κ1) is 64.0. The molecule has 456 valence electrons. The Labute approximate surface area is 501 Å². The molecule has 2 fully saturated rings. The lowest BCUT2D eigenvalue weighted by molar-refractivity contribution is -0.136. The molecule has 5 heterocycles. The molecule has 2 aromatic heterocycles. The first-order valence-corrected chi connectivity index (χ1v) is 29.9. The number of ether oxygens (including phenoxy) is 7. The number of hydrogen-bond acceptors (Lipinski definition) is 16. The molecule has 23 heteroatoms. The van der Waals surface area contributed by atoms with E-state index in [1.165, 1.54) is 0 Å². The van der Waals surface area contributed by atoms with E-state index in [1.54, 1.807) is 18.2 Å². The van der Waals surface area contributed by atoms with Crippen LogP contribution in [0.3, 0.4) is 0 Å². The van der Waals surface area contributed by atoms with Gasteiger partial charge in [0.2, 0.25) is 11.8 Å².